The molecular weight excluding hydrogens is 212 g/mol. The highest BCUT2D eigenvalue weighted by Gasteiger charge is 2.08. The molecule has 0 rings (SSSR count). The van der Waals surface area contributed by atoms with Gasteiger partial charge < -0.3 is 23.7 Å². The van der Waals surface area contributed by atoms with Gasteiger partial charge in [-0.3, -0.25) is 0 Å². The van der Waals surface area contributed by atoms with Crippen molar-refractivity contribution >= 4 is 0 Å². The van der Waals surface area contributed by atoms with E-state index in [4.69, 9.17) is 23.7 Å². The minimum Gasteiger partial charge on any atom is -0.382 e. The lowest BCUT2D eigenvalue weighted by Crippen LogP contribution is -2.27. The minimum absolute atomic E-state index is 0.0151. The van der Waals surface area contributed by atoms with Gasteiger partial charge in [-0.05, 0) is 6.92 Å². The molecule has 0 aromatic carbocycles. The number of methoxy groups -OCH3 is 2. The molecule has 98 valence electrons. The van der Waals surface area contributed by atoms with E-state index >= 15 is 0 Å². The van der Waals surface area contributed by atoms with Gasteiger partial charge in [-0.1, -0.05) is 0 Å². The average molecular weight is 236 g/mol. The SMILES string of the molecule is CCOC(COCCOC)COCCOC. The van der Waals surface area contributed by atoms with Gasteiger partial charge >= 0.3 is 0 Å². The first-order chi connectivity index (χ1) is 7.85. The highest BCUT2D eigenvalue weighted by Crippen LogP contribution is 1.95. The maximum absolute atomic E-state index is 5.47. The third-order valence-electron chi connectivity index (χ3n) is 1.87. The van der Waals surface area contributed by atoms with Crippen molar-refractivity contribution in [2.75, 3.05) is 60.5 Å². The molecule has 0 aliphatic carbocycles. The van der Waals surface area contributed by atoms with Crippen molar-refractivity contribution in [3.05, 3.63) is 0 Å². The first kappa shape index (κ1) is 15.8. The summed E-state index contributed by atoms with van der Waals surface area (Å²) in [7, 11) is 3.30. The smallest absolute Gasteiger partial charge is 0.104 e. The zero-order chi connectivity index (χ0) is 12.1. The lowest BCUT2D eigenvalue weighted by Gasteiger charge is -2.17. The molecule has 0 fully saturated rings. The van der Waals surface area contributed by atoms with Gasteiger partial charge in [-0.2, -0.15) is 0 Å². The molecule has 0 aromatic heterocycles. The third-order valence-corrected chi connectivity index (χ3v) is 1.87. The van der Waals surface area contributed by atoms with E-state index in [9.17, 15) is 0 Å². The van der Waals surface area contributed by atoms with E-state index in [-0.39, 0.29) is 6.10 Å². The van der Waals surface area contributed by atoms with E-state index in [2.05, 4.69) is 0 Å². The number of ether oxygens (including phenoxy) is 5. The van der Waals surface area contributed by atoms with Gasteiger partial charge in [0, 0.05) is 20.8 Å². The van der Waals surface area contributed by atoms with Crippen LogP contribution in [0, 0.1) is 0 Å². The molecule has 0 aliphatic heterocycles. The van der Waals surface area contributed by atoms with Crippen molar-refractivity contribution in [1.29, 1.82) is 0 Å². The normalized spacial score (nSPS) is 11.2. The van der Waals surface area contributed by atoms with Crippen molar-refractivity contribution in [3.8, 4) is 0 Å². The van der Waals surface area contributed by atoms with Crippen LogP contribution in [0.2, 0.25) is 0 Å². The highest BCUT2D eigenvalue weighted by atomic mass is 16.6. The first-order valence-electron chi connectivity index (χ1n) is 5.60. The van der Waals surface area contributed by atoms with Crippen molar-refractivity contribution in [2.24, 2.45) is 0 Å². The highest BCUT2D eigenvalue weighted by molar-refractivity contribution is 4.55. The van der Waals surface area contributed by atoms with Crippen LogP contribution < -0.4 is 0 Å². The van der Waals surface area contributed by atoms with Gasteiger partial charge in [0.15, 0.2) is 0 Å². The van der Waals surface area contributed by atoms with Gasteiger partial charge in [0.1, 0.15) is 6.10 Å². The third kappa shape index (κ3) is 10.3. The average Bonchev–Trinajstić information content (AvgIpc) is 2.30. The Morgan fingerprint density at radius 3 is 1.69 bits per heavy atom. The van der Waals surface area contributed by atoms with Crippen LogP contribution in [0.3, 0.4) is 0 Å². The Bertz CT molecular complexity index is 120. The van der Waals surface area contributed by atoms with Gasteiger partial charge in [0.2, 0.25) is 0 Å². The Balaban J connectivity index is 3.45. The Hall–Kier alpha value is -0.200. The second kappa shape index (κ2) is 12.9. The molecule has 0 saturated carbocycles. The maximum Gasteiger partial charge on any atom is 0.104 e. The van der Waals surface area contributed by atoms with E-state index in [1.165, 1.54) is 0 Å². The second-order valence-electron chi connectivity index (χ2n) is 3.21. The topological polar surface area (TPSA) is 46.2 Å². The lowest BCUT2D eigenvalue weighted by molar-refractivity contribution is -0.0666. The summed E-state index contributed by atoms with van der Waals surface area (Å²) < 4.78 is 26.0. The van der Waals surface area contributed by atoms with Gasteiger partial charge in [0.05, 0.1) is 39.6 Å². The Morgan fingerprint density at radius 1 is 0.812 bits per heavy atom. The fourth-order valence-corrected chi connectivity index (χ4v) is 1.09. The molecule has 0 spiro atoms. The van der Waals surface area contributed by atoms with Gasteiger partial charge in [0.25, 0.3) is 0 Å². The zero-order valence-corrected chi connectivity index (χ0v) is 10.6. The summed E-state index contributed by atoms with van der Waals surface area (Å²) >= 11 is 0. The van der Waals surface area contributed by atoms with Crippen molar-refractivity contribution in [3.63, 3.8) is 0 Å². The molecule has 0 bridgehead atoms. The van der Waals surface area contributed by atoms with E-state index in [1.807, 2.05) is 6.92 Å². The summed E-state index contributed by atoms with van der Waals surface area (Å²) in [5.74, 6) is 0. The molecule has 0 atom stereocenters. The minimum atomic E-state index is -0.0151. The predicted octanol–water partition coefficient (Wildman–Crippen LogP) is 0.717. The number of rotatable bonds is 12. The number of hydrogen-bond acceptors (Lipinski definition) is 5. The zero-order valence-electron chi connectivity index (χ0n) is 10.6. The molecule has 0 saturated heterocycles. The summed E-state index contributed by atoms with van der Waals surface area (Å²) in [6, 6.07) is 0. The molecule has 0 N–H and O–H groups in total. The van der Waals surface area contributed by atoms with Crippen LogP contribution in [-0.2, 0) is 23.7 Å². The van der Waals surface area contributed by atoms with Crippen LogP contribution in [-0.4, -0.2) is 66.6 Å². The molecular formula is C11H24O5. The second-order valence-corrected chi connectivity index (χ2v) is 3.21. The summed E-state index contributed by atoms with van der Waals surface area (Å²) in [5, 5.41) is 0. The van der Waals surface area contributed by atoms with Crippen LogP contribution >= 0.6 is 0 Å². The molecule has 16 heavy (non-hydrogen) atoms. The first-order valence-corrected chi connectivity index (χ1v) is 5.60. The predicted molar refractivity (Wildman–Crippen MR) is 60.8 cm³/mol. The van der Waals surface area contributed by atoms with E-state index in [0.29, 0.717) is 46.2 Å². The summed E-state index contributed by atoms with van der Waals surface area (Å²) in [6.07, 6.45) is -0.0151. The van der Waals surface area contributed by atoms with Crippen molar-refractivity contribution < 1.29 is 23.7 Å². The molecule has 0 aromatic rings. The number of hydrogen-bond donors (Lipinski definition) is 0. The molecule has 0 heterocycles. The van der Waals surface area contributed by atoms with E-state index < -0.39 is 0 Å². The summed E-state index contributed by atoms with van der Waals surface area (Å²) in [5.41, 5.74) is 0. The Labute approximate surface area is 98.0 Å². The molecule has 0 radical (unpaired) electrons. The van der Waals surface area contributed by atoms with Crippen LogP contribution in [0.5, 0.6) is 0 Å². The summed E-state index contributed by atoms with van der Waals surface area (Å²) in [6.45, 7) is 6.04. The lowest BCUT2D eigenvalue weighted by atomic mass is 10.4. The molecule has 0 amide bonds. The monoisotopic (exact) mass is 236 g/mol. The maximum atomic E-state index is 5.47. The molecule has 5 nitrogen and oxygen atoms in total. The Morgan fingerprint density at radius 2 is 1.31 bits per heavy atom. The molecule has 0 aliphatic rings. The summed E-state index contributed by atoms with van der Waals surface area (Å²) in [4.78, 5) is 0. The fourth-order valence-electron chi connectivity index (χ4n) is 1.09. The molecule has 0 unspecified atom stereocenters. The molecule has 5 heteroatoms. The van der Waals surface area contributed by atoms with Crippen LogP contribution in [0.15, 0.2) is 0 Å². The van der Waals surface area contributed by atoms with Crippen LogP contribution in [0.4, 0.5) is 0 Å². The van der Waals surface area contributed by atoms with Gasteiger partial charge in [-0.25, -0.2) is 0 Å². The van der Waals surface area contributed by atoms with Crippen molar-refractivity contribution in [2.45, 2.75) is 13.0 Å². The quantitative estimate of drug-likeness (QED) is 0.467. The fraction of sp³-hybridized carbons (Fsp3) is 1.00. The van der Waals surface area contributed by atoms with Crippen LogP contribution in [0.25, 0.3) is 0 Å². The van der Waals surface area contributed by atoms with Crippen LogP contribution in [0.1, 0.15) is 6.92 Å². The standard InChI is InChI=1S/C11H24O5/c1-4-16-11(9-14-7-5-12-2)10-15-8-6-13-3/h11H,4-10H2,1-3H3. The Kier molecular flexibility index (Phi) is 12.7. The van der Waals surface area contributed by atoms with Gasteiger partial charge in [-0.15, -0.1) is 0 Å². The van der Waals surface area contributed by atoms with E-state index in [0.717, 1.165) is 0 Å². The largest absolute Gasteiger partial charge is 0.382 e. The van der Waals surface area contributed by atoms with E-state index in [1.54, 1.807) is 14.2 Å². The van der Waals surface area contributed by atoms with Crippen molar-refractivity contribution in [1.82, 2.24) is 0 Å².